The number of hydrogen-bond donors (Lipinski definition) is 1. The number of nitrogens with one attached hydrogen (secondary N) is 1. The number of nitriles is 1. The van der Waals surface area contributed by atoms with Crippen LogP contribution in [0.2, 0.25) is 0 Å². The number of carbonyl (C=O) groups excluding carboxylic acids is 1. The first-order valence-corrected chi connectivity index (χ1v) is 7.63. The van der Waals surface area contributed by atoms with Gasteiger partial charge in [-0.25, -0.2) is 22.0 Å². The van der Waals surface area contributed by atoms with Gasteiger partial charge in [-0.2, -0.15) is 5.26 Å². The van der Waals surface area contributed by atoms with Crippen LogP contribution in [-0.4, -0.2) is 11.2 Å². The summed E-state index contributed by atoms with van der Waals surface area (Å²) in [6, 6.07) is 7.73. The summed E-state index contributed by atoms with van der Waals surface area (Å²) in [5.74, 6) is -11.1. The molecule has 3 nitrogen and oxygen atoms in total. The molecule has 0 aliphatic rings. The fourth-order valence-corrected chi connectivity index (χ4v) is 2.73. The van der Waals surface area contributed by atoms with Gasteiger partial charge in [-0.15, -0.1) is 11.8 Å². The Morgan fingerprint density at radius 2 is 1.64 bits per heavy atom. The van der Waals surface area contributed by atoms with Crippen molar-refractivity contribution in [3.63, 3.8) is 0 Å². The Hall–Kier alpha value is -2.60. The van der Waals surface area contributed by atoms with Gasteiger partial charge in [0.1, 0.15) is 0 Å². The first kappa shape index (κ1) is 18.7. The van der Waals surface area contributed by atoms with E-state index in [0.717, 1.165) is 0 Å². The van der Waals surface area contributed by atoms with Crippen LogP contribution < -0.4 is 5.32 Å². The van der Waals surface area contributed by atoms with E-state index < -0.39 is 45.1 Å². The zero-order chi connectivity index (χ0) is 18.7. The van der Waals surface area contributed by atoms with Crippen molar-refractivity contribution in [2.45, 2.75) is 17.1 Å². The Morgan fingerprint density at radius 1 is 1.08 bits per heavy atom. The van der Waals surface area contributed by atoms with E-state index in [1.807, 2.05) is 6.07 Å². The van der Waals surface area contributed by atoms with Crippen molar-refractivity contribution in [2.24, 2.45) is 0 Å². The fourth-order valence-electron chi connectivity index (χ4n) is 1.83. The predicted octanol–water partition coefficient (Wildman–Crippen LogP) is 4.37. The molecule has 1 N–H and O–H groups in total. The molecule has 0 heterocycles. The topological polar surface area (TPSA) is 52.9 Å². The van der Waals surface area contributed by atoms with E-state index in [2.05, 4.69) is 5.32 Å². The summed E-state index contributed by atoms with van der Waals surface area (Å²) in [7, 11) is 0. The molecule has 130 valence electrons. The smallest absolute Gasteiger partial charge is 0.237 e. The molecule has 1 amide bonds. The number of carbonyl (C=O) groups is 1. The van der Waals surface area contributed by atoms with Gasteiger partial charge >= 0.3 is 0 Å². The molecule has 0 saturated heterocycles. The average Bonchev–Trinajstić information content (AvgIpc) is 2.61. The van der Waals surface area contributed by atoms with Crippen LogP contribution in [0.3, 0.4) is 0 Å². The van der Waals surface area contributed by atoms with E-state index in [-0.39, 0.29) is 23.0 Å². The van der Waals surface area contributed by atoms with E-state index in [1.165, 1.54) is 31.2 Å². The van der Waals surface area contributed by atoms with E-state index in [4.69, 9.17) is 5.26 Å². The third kappa shape index (κ3) is 3.91. The first-order valence-electron chi connectivity index (χ1n) is 6.75. The standard InChI is InChI=1S/C16H9F5N2OS/c1-7(16(24)23-9-4-2-3-8(5-9)6-22)25-15-13(20)11(18)10(17)12(19)14(15)21/h2-5,7H,1H3,(H,23,24)/t7-/m0/s1. The van der Waals surface area contributed by atoms with Gasteiger partial charge in [0, 0.05) is 5.69 Å². The van der Waals surface area contributed by atoms with Gasteiger partial charge in [0.2, 0.25) is 11.7 Å². The lowest BCUT2D eigenvalue weighted by atomic mass is 10.2. The first-order chi connectivity index (χ1) is 11.8. The number of amides is 1. The monoisotopic (exact) mass is 372 g/mol. The molecule has 0 aliphatic heterocycles. The largest absolute Gasteiger partial charge is 0.325 e. The van der Waals surface area contributed by atoms with Crippen LogP contribution >= 0.6 is 11.8 Å². The molecule has 2 aromatic carbocycles. The quantitative estimate of drug-likeness (QED) is 0.375. The number of hydrogen-bond acceptors (Lipinski definition) is 3. The summed E-state index contributed by atoms with van der Waals surface area (Å²) < 4.78 is 66.7. The van der Waals surface area contributed by atoms with E-state index in [0.29, 0.717) is 0 Å². The molecule has 0 radical (unpaired) electrons. The lowest BCUT2D eigenvalue weighted by Crippen LogP contribution is -2.23. The van der Waals surface area contributed by atoms with Crippen molar-refractivity contribution in [1.82, 2.24) is 0 Å². The van der Waals surface area contributed by atoms with E-state index in [1.54, 1.807) is 0 Å². The van der Waals surface area contributed by atoms with Gasteiger partial charge in [-0.05, 0) is 25.1 Å². The second kappa shape index (κ2) is 7.53. The van der Waals surface area contributed by atoms with Crippen LogP contribution in [0.15, 0.2) is 29.2 Å². The number of anilines is 1. The van der Waals surface area contributed by atoms with Crippen molar-refractivity contribution in [3.05, 3.63) is 58.9 Å². The second-order valence-electron chi connectivity index (χ2n) is 4.84. The van der Waals surface area contributed by atoms with Gasteiger partial charge in [0.05, 0.1) is 21.8 Å². The van der Waals surface area contributed by atoms with Crippen molar-refractivity contribution in [3.8, 4) is 6.07 Å². The highest BCUT2D eigenvalue weighted by Crippen LogP contribution is 2.33. The number of benzene rings is 2. The van der Waals surface area contributed by atoms with Crippen LogP contribution in [0, 0.1) is 40.4 Å². The SMILES string of the molecule is C[C@H](Sc1c(F)c(F)c(F)c(F)c1F)C(=O)Nc1cccc(C#N)c1. The van der Waals surface area contributed by atoms with Crippen LogP contribution in [0.25, 0.3) is 0 Å². The second-order valence-corrected chi connectivity index (χ2v) is 6.19. The minimum absolute atomic E-state index is 0.197. The molecule has 2 aromatic rings. The third-order valence-electron chi connectivity index (χ3n) is 3.09. The zero-order valence-electron chi connectivity index (χ0n) is 12.5. The minimum Gasteiger partial charge on any atom is -0.325 e. The maximum absolute atomic E-state index is 13.6. The molecular formula is C16H9F5N2OS. The number of thioether (sulfide) groups is 1. The average molecular weight is 372 g/mol. The van der Waals surface area contributed by atoms with Crippen molar-refractivity contribution < 1.29 is 26.7 Å². The molecule has 0 saturated carbocycles. The van der Waals surface area contributed by atoms with Gasteiger partial charge in [-0.1, -0.05) is 6.07 Å². The Kier molecular flexibility index (Phi) is 5.64. The Balaban J connectivity index is 2.21. The highest BCUT2D eigenvalue weighted by molar-refractivity contribution is 8.00. The maximum Gasteiger partial charge on any atom is 0.237 e. The lowest BCUT2D eigenvalue weighted by molar-refractivity contribution is -0.115. The summed E-state index contributed by atoms with van der Waals surface area (Å²) in [5, 5.41) is 10.0. The zero-order valence-corrected chi connectivity index (χ0v) is 13.4. The van der Waals surface area contributed by atoms with Crippen molar-refractivity contribution >= 4 is 23.4 Å². The minimum atomic E-state index is -2.26. The van der Waals surface area contributed by atoms with E-state index >= 15 is 0 Å². The number of halogens is 5. The van der Waals surface area contributed by atoms with Gasteiger partial charge < -0.3 is 5.32 Å². The Bertz CT molecular complexity index is 853. The van der Waals surface area contributed by atoms with Crippen LogP contribution in [0.4, 0.5) is 27.6 Å². The highest BCUT2D eigenvalue weighted by atomic mass is 32.2. The van der Waals surface area contributed by atoms with Gasteiger partial charge in [0.25, 0.3) is 0 Å². The summed E-state index contributed by atoms with van der Waals surface area (Å²) in [6.45, 7) is 1.24. The molecule has 0 aliphatic carbocycles. The third-order valence-corrected chi connectivity index (χ3v) is 4.25. The molecule has 1 atom stereocenters. The van der Waals surface area contributed by atoms with Gasteiger partial charge in [-0.3, -0.25) is 4.79 Å². The maximum atomic E-state index is 13.6. The molecule has 2 rings (SSSR count). The van der Waals surface area contributed by atoms with Gasteiger partial charge in [0.15, 0.2) is 23.3 Å². The summed E-state index contributed by atoms with van der Waals surface area (Å²) in [5.41, 5.74) is 0.534. The van der Waals surface area contributed by atoms with Crippen LogP contribution in [0.1, 0.15) is 12.5 Å². The Labute approximate surface area is 143 Å². The Morgan fingerprint density at radius 3 is 2.20 bits per heavy atom. The van der Waals surface area contributed by atoms with E-state index in [9.17, 15) is 26.7 Å². The number of nitrogens with zero attached hydrogens (tertiary/aromatic N) is 1. The molecule has 0 bridgehead atoms. The van der Waals surface area contributed by atoms with Crippen LogP contribution in [0.5, 0.6) is 0 Å². The summed E-state index contributed by atoms with van der Waals surface area (Å²) >= 11 is 0.197. The molecule has 0 unspecified atom stereocenters. The summed E-state index contributed by atoms with van der Waals surface area (Å²) in [6.07, 6.45) is 0. The molecule has 9 heteroatoms. The van der Waals surface area contributed by atoms with Crippen molar-refractivity contribution in [1.29, 1.82) is 5.26 Å². The lowest BCUT2D eigenvalue weighted by Gasteiger charge is -2.14. The molecular weight excluding hydrogens is 363 g/mol. The highest BCUT2D eigenvalue weighted by Gasteiger charge is 2.28. The molecule has 0 spiro atoms. The molecule has 0 fully saturated rings. The van der Waals surface area contributed by atoms with Crippen molar-refractivity contribution in [2.75, 3.05) is 5.32 Å². The molecule has 25 heavy (non-hydrogen) atoms. The molecule has 0 aromatic heterocycles. The number of rotatable bonds is 4. The predicted molar refractivity (Wildman–Crippen MR) is 81.3 cm³/mol. The fraction of sp³-hybridized carbons (Fsp3) is 0.125. The van der Waals surface area contributed by atoms with Crippen LogP contribution in [-0.2, 0) is 4.79 Å². The normalized spacial score (nSPS) is 11.7. The summed E-state index contributed by atoms with van der Waals surface area (Å²) in [4.78, 5) is 10.9.